The normalized spacial score (nSPS) is 11.6. The van der Waals surface area contributed by atoms with Gasteiger partial charge in [0.2, 0.25) is 15.9 Å². The van der Waals surface area contributed by atoms with Gasteiger partial charge in [0.05, 0.1) is 4.90 Å². The van der Waals surface area contributed by atoms with Crippen LogP contribution in [0.1, 0.15) is 23.2 Å². The molecule has 0 bridgehead atoms. The van der Waals surface area contributed by atoms with Crippen molar-refractivity contribution in [3.63, 3.8) is 0 Å². The van der Waals surface area contributed by atoms with Gasteiger partial charge < -0.3 is 10.3 Å². The molecular formula is C18H24N4O4S2. The van der Waals surface area contributed by atoms with Crippen molar-refractivity contribution in [2.45, 2.75) is 36.7 Å². The SMILES string of the molecule is CSc1nc(C)c(CCC(=O)Nc2cc(S(=O)(=O)N(C)C)ccc2C)c(=O)[nH]1. The maximum atomic E-state index is 12.4. The summed E-state index contributed by atoms with van der Waals surface area (Å²) < 4.78 is 25.7. The Morgan fingerprint density at radius 3 is 2.54 bits per heavy atom. The Bertz CT molecular complexity index is 1050. The monoisotopic (exact) mass is 424 g/mol. The van der Waals surface area contributed by atoms with Gasteiger partial charge in [-0.2, -0.15) is 0 Å². The molecule has 8 nitrogen and oxygen atoms in total. The summed E-state index contributed by atoms with van der Waals surface area (Å²) in [5.74, 6) is -0.310. The lowest BCUT2D eigenvalue weighted by molar-refractivity contribution is -0.116. The molecule has 10 heteroatoms. The van der Waals surface area contributed by atoms with Crippen LogP contribution in [0.5, 0.6) is 0 Å². The number of carbonyl (C=O) groups excluding carboxylic acids is 1. The van der Waals surface area contributed by atoms with Crippen molar-refractivity contribution in [1.82, 2.24) is 14.3 Å². The number of aromatic nitrogens is 2. The minimum absolute atomic E-state index is 0.0777. The first-order chi connectivity index (χ1) is 13.1. The molecule has 0 radical (unpaired) electrons. The van der Waals surface area contributed by atoms with Gasteiger partial charge in [-0.15, -0.1) is 0 Å². The van der Waals surface area contributed by atoms with Gasteiger partial charge in [0.25, 0.3) is 5.56 Å². The molecule has 0 aliphatic rings. The smallest absolute Gasteiger partial charge is 0.254 e. The highest BCUT2D eigenvalue weighted by molar-refractivity contribution is 7.98. The van der Waals surface area contributed by atoms with Crippen LogP contribution in [0.15, 0.2) is 33.0 Å². The van der Waals surface area contributed by atoms with Crippen molar-refractivity contribution in [2.24, 2.45) is 0 Å². The second-order valence-corrected chi connectivity index (χ2v) is 9.40. The second kappa shape index (κ2) is 8.89. The average molecular weight is 425 g/mol. The Labute approximate surface area is 168 Å². The van der Waals surface area contributed by atoms with Crippen molar-refractivity contribution in [3.8, 4) is 0 Å². The molecule has 1 aromatic heterocycles. The zero-order valence-electron chi connectivity index (χ0n) is 16.5. The van der Waals surface area contributed by atoms with Crippen LogP contribution < -0.4 is 10.9 Å². The van der Waals surface area contributed by atoms with E-state index in [-0.39, 0.29) is 29.2 Å². The number of H-pyrrole nitrogens is 1. The fourth-order valence-corrected chi connectivity index (χ4v) is 3.89. The quantitative estimate of drug-likeness (QED) is 0.519. The van der Waals surface area contributed by atoms with Gasteiger partial charge in [-0.3, -0.25) is 9.59 Å². The maximum absolute atomic E-state index is 12.4. The molecule has 0 fully saturated rings. The van der Waals surface area contributed by atoms with E-state index < -0.39 is 10.0 Å². The van der Waals surface area contributed by atoms with Gasteiger partial charge in [-0.05, 0) is 44.2 Å². The van der Waals surface area contributed by atoms with E-state index in [0.29, 0.717) is 22.1 Å². The summed E-state index contributed by atoms with van der Waals surface area (Å²) in [4.78, 5) is 31.6. The molecule has 1 aromatic carbocycles. The van der Waals surface area contributed by atoms with E-state index in [1.165, 1.54) is 38.0 Å². The summed E-state index contributed by atoms with van der Waals surface area (Å²) in [7, 11) is -0.703. The number of sulfonamides is 1. The van der Waals surface area contributed by atoms with E-state index in [0.717, 1.165) is 9.87 Å². The maximum Gasteiger partial charge on any atom is 0.254 e. The van der Waals surface area contributed by atoms with Gasteiger partial charge >= 0.3 is 0 Å². The lowest BCUT2D eigenvalue weighted by atomic mass is 10.1. The highest BCUT2D eigenvalue weighted by Crippen LogP contribution is 2.22. The van der Waals surface area contributed by atoms with E-state index in [1.807, 2.05) is 6.26 Å². The fraction of sp³-hybridized carbons (Fsp3) is 0.389. The highest BCUT2D eigenvalue weighted by Gasteiger charge is 2.19. The topological polar surface area (TPSA) is 112 Å². The molecular weight excluding hydrogens is 400 g/mol. The Morgan fingerprint density at radius 2 is 1.96 bits per heavy atom. The lowest BCUT2D eigenvalue weighted by Gasteiger charge is -2.14. The third kappa shape index (κ3) is 5.00. The molecule has 0 atom stereocenters. The standard InChI is InChI=1S/C18H24N4O4S2/c1-11-6-7-13(28(25,26)22(3)4)10-15(11)20-16(23)9-8-14-12(2)19-18(27-5)21-17(14)24/h6-7,10H,8-9H2,1-5H3,(H,20,23)(H,19,21,24). The summed E-state index contributed by atoms with van der Waals surface area (Å²) >= 11 is 1.34. The number of nitrogens with one attached hydrogen (secondary N) is 2. The zero-order chi connectivity index (χ0) is 21.1. The minimum atomic E-state index is -3.60. The largest absolute Gasteiger partial charge is 0.326 e. The predicted octanol–water partition coefficient (Wildman–Crippen LogP) is 1.93. The van der Waals surface area contributed by atoms with E-state index in [4.69, 9.17) is 0 Å². The minimum Gasteiger partial charge on any atom is -0.326 e. The number of anilines is 1. The number of benzene rings is 1. The van der Waals surface area contributed by atoms with Crippen LogP contribution in [-0.2, 0) is 21.2 Å². The zero-order valence-corrected chi connectivity index (χ0v) is 18.1. The van der Waals surface area contributed by atoms with Crippen LogP contribution in [0, 0.1) is 13.8 Å². The molecule has 0 unspecified atom stereocenters. The number of rotatable bonds is 7. The lowest BCUT2D eigenvalue weighted by Crippen LogP contribution is -2.23. The van der Waals surface area contributed by atoms with Crippen molar-refractivity contribution in [1.29, 1.82) is 0 Å². The molecule has 1 heterocycles. The van der Waals surface area contributed by atoms with Crippen LogP contribution in [0.4, 0.5) is 5.69 Å². The third-order valence-corrected chi connectivity index (χ3v) is 6.65. The van der Waals surface area contributed by atoms with Crippen LogP contribution in [0.25, 0.3) is 0 Å². The molecule has 28 heavy (non-hydrogen) atoms. The van der Waals surface area contributed by atoms with Gasteiger partial charge in [0, 0.05) is 37.5 Å². The first-order valence-electron chi connectivity index (χ1n) is 8.53. The van der Waals surface area contributed by atoms with Crippen molar-refractivity contribution in [3.05, 3.63) is 45.4 Å². The number of aromatic amines is 1. The van der Waals surface area contributed by atoms with Crippen LogP contribution >= 0.6 is 11.8 Å². The molecule has 1 amide bonds. The fourth-order valence-electron chi connectivity index (χ4n) is 2.53. The Balaban J connectivity index is 2.15. The summed E-state index contributed by atoms with van der Waals surface area (Å²) in [5, 5.41) is 3.27. The first-order valence-corrected chi connectivity index (χ1v) is 11.2. The number of amides is 1. The van der Waals surface area contributed by atoms with Crippen LogP contribution in [-0.4, -0.2) is 48.9 Å². The van der Waals surface area contributed by atoms with Crippen LogP contribution in [0.2, 0.25) is 0 Å². The number of hydrogen-bond donors (Lipinski definition) is 2. The third-order valence-electron chi connectivity index (χ3n) is 4.26. The number of aryl methyl sites for hydroxylation is 2. The summed E-state index contributed by atoms with van der Waals surface area (Å²) in [6.45, 7) is 3.52. The van der Waals surface area contributed by atoms with Gasteiger partial charge in [-0.25, -0.2) is 17.7 Å². The Morgan fingerprint density at radius 1 is 1.29 bits per heavy atom. The number of hydrogen-bond acceptors (Lipinski definition) is 6. The first kappa shape index (κ1) is 22.1. The molecule has 0 saturated heterocycles. The van der Waals surface area contributed by atoms with Crippen molar-refractivity contribution in [2.75, 3.05) is 25.7 Å². The molecule has 152 valence electrons. The number of carbonyl (C=O) groups is 1. The summed E-state index contributed by atoms with van der Waals surface area (Å²) in [6, 6.07) is 4.59. The average Bonchev–Trinajstić information content (AvgIpc) is 2.62. The molecule has 0 aliphatic heterocycles. The Kier molecular flexibility index (Phi) is 7.02. The van der Waals surface area contributed by atoms with E-state index >= 15 is 0 Å². The molecule has 0 spiro atoms. The van der Waals surface area contributed by atoms with E-state index in [2.05, 4.69) is 15.3 Å². The predicted molar refractivity (Wildman–Crippen MR) is 110 cm³/mol. The molecule has 0 saturated carbocycles. The van der Waals surface area contributed by atoms with E-state index in [9.17, 15) is 18.0 Å². The van der Waals surface area contributed by atoms with Gasteiger partial charge in [0.15, 0.2) is 5.16 Å². The molecule has 0 aliphatic carbocycles. The Hall–Kier alpha value is -2.17. The summed E-state index contributed by atoms with van der Waals surface area (Å²) in [6.07, 6.45) is 2.13. The van der Waals surface area contributed by atoms with Gasteiger partial charge in [-0.1, -0.05) is 17.8 Å². The molecule has 2 aromatic rings. The van der Waals surface area contributed by atoms with Gasteiger partial charge in [0.1, 0.15) is 0 Å². The van der Waals surface area contributed by atoms with E-state index in [1.54, 1.807) is 19.9 Å². The van der Waals surface area contributed by atoms with Crippen molar-refractivity contribution >= 4 is 33.4 Å². The number of nitrogens with zero attached hydrogens (tertiary/aromatic N) is 2. The second-order valence-electron chi connectivity index (χ2n) is 6.45. The highest BCUT2D eigenvalue weighted by atomic mass is 32.2. The number of thioether (sulfide) groups is 1. The van der Waals surface area contributed by atoms with Crippen LogP contribution in [0.3, 0.4) is 0 Å². The van der Waals surface area contributed by atoms with Crippen molar-refractivity contribution < 1.29 is 13.2 Å². The summed E-state index contributed by atoms with van der Waals surface area (Å²) in [5.41, 5.74) is 1.98. The molecule has 2 N–H and O–H groups in total. The molecule has 2 rings (SSSR count).